The van der Waals surface area contributed by atoms with Gasteiger partial charge < -0.3 is 4.57 Å². The van der Waals surface area contributed by atoms with Gasteiger partial charge in [0.25, 0.3) is 0 Å². The van der Waals surface area contributed by atoms with Crippen LogP contribution in [0.15, 0.2) is 55.1 Å². The molecule has 0 amide bonds. The molecule has 0 saturated heterocycles. The van der Waals surface area contributed by atoms with Crippen LogP contribution in [0.2, 0.25) is 0 Å². The molecule has 0 aliphatic carbocycles. The van der Waals surface area contributed by atoms with Crippen LogP contribution in [-0.4, -0.2) is 14.5 Å². The molecule has 0 radical (unpaired) electrons. The Hall–Kier alpha value is -2.16. The van der Waals surface area contributed by atoms with Crippen LogP contribution in [0.1, 0.15) is 5.56 Å². The molecule has 3 rings (SSSR count). The lowest BCUT2D eigenvalue weighted by Crippen LogP contribution is -1.98. The molecule has 0 aromatic carbocycles. The predicted octanol–water partition coefficient (Wildman–Crippen LogP) is 2.48. The van der Waals surface area contributed by atoms with Gasteiger partial charge in [-0.3, -0.25) is 4.98 Å². The number of hydrogen-bond acceptors (Lipinski definition) is 2. The van der Waals surface area contributed by atoms with Gasteiger partial charge in [-0.05, 0) is 35.9 Å². The van der Waals surface area contributed by atoms with Crippen LogP contribution in [0.3, 0.4) is 0 Å². The zero-order valence-corrected chi connectivity index (χ0v) is 8.74. The average molecular weight is 209 g/mol. The van der Waals surface area contributed by atoms with Gasteiger partial charge in [-0.1, -0.05) is 0 Å². The summed E-state index contributed by atoms with van der Waals surface area (Å²) in [6, 6.07) is 10.2. The highest BCUT2D eigenvalue weighted by Crippen LogP contribution is 2.13. The number of rotatable bonds is 2. The minimum Gasteiger partial charge on any atom is -0.328 e. The van der Waals surface area contributed by atoms with Crippen LogP contribution >= 0.6 is 0 Å². The maximum Gasteiger partial charge on any atom is 0.140 e. The standard InChI is InChI=1S/C13H11N3/c1-2-12-5-9-16(13(12)15-6-1)10-11-3-7-14-8-4-11/h1-9H,10H2. The van der Waals surface area contributed by atoms with E-state index in [1.165, 1.54) is 10.9 Å². The Kier molecular flexibility index (Phi) is 2.14. The Balaban J connectivity index is 2.01. The van der Waals surface area contributed by atoms with E-state index in [0.29, 0.717) is 0 Å². The molecule has 0 spiro atoms. The minimum atomic E-state index is 0.836. The van der Waals surface area contributed by atoms with E-state index in [2.05, 4.69) is 32.9 Å². The summed E-state index contributed by atoms with van der Waals surface area (Å²) in [7, 11) is 0. The Morgan fingerprint density at radius 3 is 2.75 bits per heavy atom. The second kappa shape index (κ2) is 3.77. The predicted molar refractivity (Wildman–Crippen MR) is 63.1 cm³/mol. The van der Waals surface area contributed by atoms with Crippen molar-refractivity contribution in [3.63, 3.8) is 0 Å². The Morgan fingerprint density at radius 2 is 1.88 bits per heavy atom. The van der Waals surface area contributed by atoms with E-state index >= 15 is 0 Å². The van der Waals surface area contributed by atoms with Gasteiger partial charge in [-0.25, -0.2) is 4.98 Å². The summed E-state index contributed by atoms with van der Waals surface area (Å²) in [6.45, 7) is 0.836. The Morgan fingerprint density at radius 1 is 1.00 bits per heavy atom. The van der Waals surface area contributed by atoms with E-state index in [9.17, 15) is 0 Å². The second-order valence-corrected chi connectivity index (χ2v) is 3.72. The summed E-state index contributed by atoms with van der Waals surface area (Å²) in [5.41, 5.74) is 2.26. The van der Waals surface area contributed by atoms with Gasteiger partial charge >= 0.3 is 0 Å². The van der Waals surface area contributed by atoms with Crippen molar-refractivity contribution in [1.29, 1.82) is 0 Å². The molecule has 3 aromatic heterocycles. The molecule has 0 bridgehead atoms. The first-order valence-corrected chi connectivity index (χ1v) is 5.22. The quantitative estimate of drug-likeness (QED) is 0.649. The molecule has 0 aliphatic heterocycles. The molecule has 3 nitrogen and oxygen atoms in total. The van der Waals surface area contributed by atoms with Crippen LogP contribution in [0, 0.1) is 0 Å². The third-order valence-electron chi connectivity index (χ3n) is 2.63. The molecular weight excluding hydrogens is 198 g/mol. The highest BCUT2D eigenvalue weighted by molar-refractivity contribution is 5.75. The van der Waals surface area contributed by atoms with E-state index in [-0.39, 0.29) is 0 Å². The average Bonchev–Trinajstić information content (AvgIpc) is 2.74. The maximum atomic E-state index is 4.38. The van der Waals surface area contributed by atoms with Crippen molar-refractivity contribution in [2.45, 2.75) is 6.54 Å². The molecule has 0 atom stereocenters. The first-order chi connectivity index (χ1) is 7.93. The fraction of sp³-hybridized carbons (Fsp3) is 0.0769. The summed E-state index contributed by atoms with van der Waals surface area (Å²) in [5.74, 6) is 0. The summed E-state index contributed by atoms with van der Waals surface area (Å²) >= 11 is 0. The molecule has 0 saturated carbocycles. The molecule has 0 unspecified atom stereocenters. The van der Waals surface area contributed by atoms with Crippen LogP contribution in [0.25, 0.3) is 11.0 Å². The minimum absolute atomic E-state index is 0.836. The first kappa shape index (κ1) is 9.09. The van der Waals surface area contributed by atoms with E-state index in [1.54, 1.807) is 0 Å². The molecule has 3 heteroatoms. The van der Waals surface area contributed by atoms with Crippen LogP contribution in [0.5, 0.6) is 0 Å². The van der Waals surface area contributed by atoms with E-state index in [0.717, 1.165) is 12.2 Å². The molecule has 78 valence electrons. The van der Waals surface area contributed by atoms with Crippen molar-refractivity contribution in [3.8, 4) is 0 Å². The SMILES string of the molecule is c1cnc2c(c1)ccn2Cc1ccncc1. The summed E-state index contributed by atoms with van der Waals surface area (Å²) < 4.78 is 2.14. The fourth-order valence-corrected chi connectivity index (χ4v) is 1.83. The van der Waals surface area contributed by atoms with Gasteiger partial charge in [0.1, 0.15) is 5.65 Å². The summed E-state index contributed by atoms with van der Waals surface area (Å²) in [4.78, 5) is 8.40. The fourth-order valence-electron chi connectivity index (χ4n) is 1.83. The largest absolute Gasteiger partial charge is 0.328 e. The van der Waals surface area contributed by atoms with Crippen LogP contribution < -0.4 is 0 Å². The van der Waals surface area contributed by atoms with Crippen molar-refractivity contribution >= 4 is 11.0 Å². The van der Waals surface area contributed by atoms with Gasteiger partial charge in [0.05, 0.1) is 0 Å². The zero-order chi connectivity index (χ0) is 10.8. The third kappa shape index (κ3) is 1.56. The molecule has 0 N–H and O–H groups in total. The second-order valence-electron chi connectivity index (χ2n) is 3.72. The van der Waals surface area contributed by atoms with E-state index in [4.69, 9.17) is 0 Å². The number of pyridine rings is 2. The topological polar surface area (TPSA) is 30.7 Å². The van der Waals surface area contributed by atoms with Crippen molar-refractivity contribution in [1.82, 2.24) is 14.5 Å². The Labute approximate surface area is 93.4 Å². The van der Waals surface area contributed by atoms with Gasteiger partial charge in [0, 0.05) is 36.7 Å². The van der Waals surface area contributed by atoms with E-state index < -0.39 is 0 Å². The number of aromatic nitrogens is 3. The molecule has 0 fully saturated rings. The van der Waals surface area contributed by atoms with Gasteiger partial charge in [-0.15, -0.1) is 0 Å². The van der Waals surface area contributed by atoms with Crippen molar-refractivity contribution in [2.75, 3.05) is 0 Å². The van der Waals surface area contributed by atoms with Crippen molar-refractivity contribution in [2.24, 2.45) is 0 Å². The van der Waals surface area contributed by atoms with E-state index in [1.807, 2.05) is 36.8 Å². The molecular formula is C13H11N3. The number of hydrogen-bond donors (Lipinski definition) is 0. The third-order valence-corrected chi connectivity index (χ3v) is 2.63. The first-order valence-electron chi connectivity index (χ1n) is 5.22. The monoisotopic (exact) mass is 209 g/mol. The van der Waals surface area contributed by atoms with Crippen molar-refractivity contribution < 1.29 is 0 Å². The smallest absolute Gasteiger partial charge is 0.140 e. The molecule has 16 heavy (non-hydrogen) atoms. The highest BCUT2D eigenvalue weighted by Gasteiger charge is 2.01. The van der Waals surface area contributed by atoms with Gasteiger partial charge in [0.2, 0.25) is 0 Å². The van der Waals surface area contributed by atoms with Crippen LogP contribution in [0.4, 0.5) is 0 Å². The number of nitrogens with zero attached hydrogens (tertiary/aromatic N) is 3. The molecule has 3 heterocycles. The normalized spacial score (nSPS) is 10.8. The summed E-state index contributed by atoms with van der Waals surface area (Å²) in [5, 5.41) is 1.18. The lowest BCUT2D eigenvalue weighted by molar-refractivity contribution is 0.823. The van der Waals surface area contributed by atoms with Gasteiger partial charge in [0.15, 0.2) is 0 Å². The van der Waals surface area contributed by atoms with Gasteiger partial charge in [-0.2, -0.15) is 0 Å². The molecule has 0 aliphatic rings. The highest BCUT2D eigenvalue weighted by atomic mass is 15.0. The lowest BCUT2D eigenvalue weighted by atomic mass is 10.3. The summed E-state index contributed by atoms with van der Waals surface area (Å²) in [6.07, 6.45) is 7.52. The molecule has 3 aromatic rings. The Bertz CT molecular complexity index is 599. The maximum absolute atomic E-state index is 4.38. The lowest BCUT2D eigenvalue weighted by Gasteiger charge is -2.03. The zero-order valence-electron chi connectivity index (χ0n) is 8.74. The number of fused-ring (bicyclic) bond motifs is 1. The van der Waals surface area contributed by atoms with Crippen molar-refractivity contribution in [3.05, 3.63) is 60.7 Å². The van der Waals surface area contributed by atoms with Crippen LogP contribution in [-0.2, 0) is 6.54 Å².